The number of hydrogen-bond acceptors (Lipinski definition) is 5. The highest BCUT2D eigenvalue weighted by Crippen LogP contribution is 2.13. The maximum atomic E-state index is 12.1. The fraction of sp³-hybridized carbons (Fsp3) is 0.500. The predicted octanol–water partition coefficient (Wildman–Crippen LogP) is 1.33. The Balaban J connectivity index is 1.63. The summed E-state index contributed by atoms with van der Waals surface area (Å²) in [6.07, 6.45) is 3.47. The van der Waals surface area contributed by atoms with Crippen molar-refractivity contribution in [3.8, 4) is 11.3 Å². The van der Waals surface area contributed by atoms with Gasteiger partial charge in [-0.2, -0.15) is 5.10 Å². The molecule has 0 spiro atoms. The smallest absolute Gasteiger partial charge is 0.266 e. The minimum Gasteiger partial charge on any atom is -0.299 e. The SMILES string of the molecule is CC(C)N1CCN(CCn2nc(-c3ccncc3)ccc2=O)CC1. The van der Waals surface area contributed by atoms with Crippen molar-refractivity contribution in [3.05, 3.63) is 47.0 Å². The van der Waals surface area contributed by atoms with E-state index in [1.54, 1.807) is 29.2 Å². The quantitative estimate of drug-likeness (QED) is 0.829. The van der Waals surface area contributed by atoms with Crippen LogP contribution in [0.5, 0.6) is 0 Å². The maximum absolute atomic E-state index is 12.1. The van der Waals surface area contributed by atoms with E-state index in [1.807, 2.05) is 12.1 Å². The van der Waals surface area contributed by atoms with Crippen LogP contribution in [0.3, 0.4) is 0 Å². The number of pyridine rings is 1. The van der Waals surface area contributed by atoms with E-state index in [0.717, 1.165) is 44.0 Å². The highest BCUT2D eigenvalue weighted by molar-refractivity contribution is 5.56. The number of piperazine rings is 1. The zero-order valence-corrected chi connectivity index (χ0v) is 14.4. The molecule has 2 aromatic rings. The third-order valence-corrected chi connectivity index (χ3v) is 4.61. The van der Waals surface area contributed by atoms with Crippen LogP contribution in [0.25, 0.3) is 11.3 Å². The van der Waals surface area contributed by atoms with Gasteiger partial charge < -0.3 is 0 Å². The molecule has 1 aliphatic heterocycles. The van der Waals surface area contributed by atoms with Gasteiger partial charge in [-0.3, -0.25) is 19.6 Å². The van der Waals surface area contributed by atoms with E-state index < -0.39 is 0 Å². The van der Waals surface area contributed by atoms with Crippen LogP contribution in [0.1, 0.15) is 13.8 Å². The molecule has 128 valence electrons. The summed E-state index contributed by atoms with van der Waals surface area (Å²) in [5, 5.41) is 4.51. The first-order chi connectivity index (χ1) is 11.6. The second-order valence-electron chi connectivity index (χ2n) is 6.49. The highest BCUT2D eigenvalue weighted by atomic mass is 16.1. The van der Waals surface area contributed by atoms with E-state index in [0.29, 0.717) is 12.6 Å². The molecule has 0 unspecified atom stereocenters. The molecule has 0 amide bonds. The molecule has 1 fully saturated rings. The Labute approximate surface area is 142 Å². The minimum atomic E-state index is -0.0476. The second kappa shape index (κ2) is 7.68. The average Bonchev–Trinajstić information content (AvgIpc) is 2.62. The van der Waals surface area contributed by atoms with Crippen LogP contribution in [0, 0.1) is 0 Å². The van der Waals surface area contributed by atoms with Gasteiger partial charge in [-0.05, 0) is 32.0 Å². The summed E-state index contributed by atoms with van der Waals surface area (Å²) in [5.74, 6) is 0. The van der Waals surface area contributed by atoms with E-state index in [4.69, 9.17) is 0 Å². The normalized spacial score (nSPS) is 16.6. The third kappa shape index (κ3) is 4.07. The van der Waals surface area contributed by atoms with Gasteiger partial charge in [0.1, 0.15) is 0 Å². The monoisotopic (exact) mass is 327 g/mol. The fourth-order valence-corrected chi connectivity index (χ4v) is 3.03. The summed E-state index contributed by atoms with van der Waals surface area (Å²) in [6, 6.07) is 7.79. The zero-order valence-electron chi connectivity index (χ0n) is 14.4. The van der Waals surface area contributed by atoms with Gasteiger partial charge in [-0.15, -0.1) is 0 Å². The molecule has 6 nitrogen and oxygen atoms in total. The van der Waals surface area contributed by atoms with E-state index in [1.165, 1.54) is 0 Å². The van der Waals surface area contributed by atoms with Crippen LogP contribution >= 0.6 is 0 Å². The van der Waals surface area contributed by atoms with E-state index in [2.05, 4.69) is 33.7 Å². The molecule has 6 heteroatoms. The minimum absolute atomic E-state index is 0.0476. The van der Waals surface area contributed by atoms with Crippen LogP contribution in [0.4, 0.5) is 0 Å². The Kier molecular flexibility index (Phi) is 5.37. The van der Waals surface area contributed by atoms with E-state index in [9.17, 15) is 4.79 Å². The van der Waals surface area contributed by atoms with Gasteiger partial charge in [-0.1, -0.05) is 0 Å². The molecule has 0 bridgehead atoms. The molecule has 0 aromatic carbocycles. The topological polar surface area (TPSA) is 54.3 Å². The lowest BCUT2D eigenvalue weighted by Crippen LogP contribution is -2.49. The first-order valence-corrected chi connectivity index (χ1v) is 8.58. The Morgan fingerprint density at radius 3 is 2.38 bits per heavy atom. The van der Waals surface area contributed by atoms with Crippen molar-refractivity contribution >= 4 is 0 Å². The summed E-state index contributed by atoms with van der Waals surface area (Å²) >= 11 is 0. The van der Waals surface area contributed by atoms with Crippen LogP contribution in [-0.4, -0.2) is 63.3 Å². The van der Waals surface area contributed by atoms with Gasteiger partial charge in [0.25, 0.3) is 5.56 Å². The van der Waals surface area contributed by atoms with Crippen LogP contribution in [0.15, 0.2) is 41.5 Å². The number of rotatable bonds is 5. The van der Waals surface area contributed by atoms with Gasteiger partial charge in [-0.25, -0.2) is 4.68 Å². The first-order valence-electron chi connectivity index (χ1n) is 8.58. The molecule has 3 heterocycles. The Morgan fingerprint density at radius 2 is 1.71 bits per heavy atom. The van der Waals surface area contributed by atoms with Crippen molar-refractivity contribution in [2.75, 3.05) is 32.7 Å². The van der Waals surface area contributed by atoms with E-state index in [-0.39, 0.29) is 5.56 Å². The summed E-state index contributed by atoms with van der Waals surface area (Å²) in [7, 11) is 0. The van der Waals surface area contributed by atoms with Crippen LogP contribution < -0.4 is 5.56 Å². The lowest BCUT2D eigenvalue weighted by Gasteiger charge is -2.36. The van der Waals surface area contributed by atoms with Crippen molar-refractivity contribution in [3.63, 3.8) is 0 Å². The zero-order chi connectivity index (χ0) is 16.9. The van der Waals surface area contributed by atoms with Gasteiger partial charge in [0.15, 0.2) is 0 Å². The molecular weight excluding hydrogens is 302 g/mol. The van der Waals surface area contributed by atoms with Crippen molar-refractivity contribution in [2.24, 2.45) is 0 Å². The molecule has 0 atom stereocenters. The largest absolute Gasteiger partial charge is 0.299 e. The van der Waals surface area contributed by atoms with Crippen molar-refractivity contribution in [1.29, 1.82) is 0 Å². The summed E-state index contributed by atoms with van der Waals surface area (Å²) < 4.78 is 1.57. The van der Waals surface area contributed by atoms with Gasteiger partial charge in [0.2, 0.25) is 0 Å². The molecular formula is C18H25N5O. The Bertz CT molecular complexity index is 705. The third-order valence-electron chi connectivity index (χ3n) is 4.61. The van der Waals surface area contributed by atoms with Gasteiger partial charge >= 0.3 is 0 Å². The summed E-state index contributed by atoms with van der Waals surface area (Å²) in [5.41, 5.74) is 1.74. The standard InChI is InChI=1S/C18H25N5O/c1-15(2)22-12-9-21(10-13-22)11-14-23-18(24)4-3-17(20-23)16-5-7-19-8-6-16/h3-8,15H,9-14H2,1-2H3. The molecule has 2 aromatic heterocycles. The molecule has 0 aliphatic carbocycles. The highest BCUT2D eigenvalue weighted by Gasteiger charge is 2.18. The number of aromatic nitrogens is 3. The molecule has 0 N–H and O–H groups in total. The van der Waals surface area contributed by atoms with Crippen LogP contribution in [0.2, 0.25) is 0 Å². The molecule has 24 heavy (non-hydrogen) atoms. The van der Waals surface area contributed by atoms with Gasteiger partial charge in [0, 0.05) is 62.8 Å². The Hall–Kier alpha value is -2.05. The van der Waals surface area contributed by atoms with Crippen LogP contribution in [-0.2, 0) is 6.54 Å². The summed E-state index contributed by atoms with van der Waals surface area (Å²) in [4.78, 5) is 21.0. The number of hydrogen-bond donors (Lipinski definition) is 0. The fourth-order valence-electron chi connectivity index (χ4n) is 3.03. The predicted molar refractivity (Wildman–Crippen MR) is 94.9 cm³/mol. The van der Waals surface area contributed by atoms with Crippen molar-refractivity contribution in [2.45, 2.75) is 26.4 Å². The molecule has 3 rings (SSSR count). The number of nitrogens with zero attached hydrogens (tertiary/aromatic N) is 5. The molecule has 0 radical (unpaired) electrons. The molecule has 1 saturated heterocycles. The molecule has 0 saturated carbocycles. The van der Waals surface area contributed by atoms with E-state index >= 15 is 0 Å². The van der Waals surface area contributed by atoms with Crippen molar-refractivity contribution in [1.82, 2.24) is 24.6 Å². The van der Waals surface area contributed by atoms with Crippen molar-refractivity contribution < 1.29 is 0 Å². The Morgan fingerprint density at radius 1 is 1.00 bits per heavy atom. The molecule has 1 aliphatic rings. The van der Waals surface area contributed by atoms with Gasteiger partial charge in [0.05, 0.1) is 12.2 Å². The maximum Gasteiger partial charge on any atom is 0.266 e. The lowest BCUT2D eigenvalue weighted by molar-refractivity contribution is 0.105. The average molecular weight is 327 g/mol. The summed E-state index contributed by atoms with van der Waals surface area (Å²) in [6.45, 7) is 10.3. The first kappa shape index (κ1) is 16.8. The lowest BCUT2D eigenvalue weighted by atomic mass is 10.2. The second-order valence-corrected chi connectivity index (χ2v) is 6.49.